The van der Waals surface area contributed by atoms with Crippen LogP contribution in [0.25, 0.3) is 16.7 Å². The van der Waals surface area contributed by atoms with Crippen LogP contribution in [0.4, 0.5) is 0 Å². The van der Waals surface area contributed by atoms with E-state index in [2.05, 4.69) is 33.6 Å². The molecule has 0 aliphatic rings. The molecule has 2 rings (SSSR count). The summed E-state index contributed by atoms with van der Waals surface area (Å²) in [6, 6.07) is 7.26. The van der Waals surface area contributed by atoms with Gasteiger partial charge in [-0.3, -0.25) is 0 Å². The normalized spacial score (nSPS) is 11.9. The standard InChI is InChI=1S/C15H11BrN2O/c1-2-4-12(5-3-8-16)15-18-13-7-6-11(10-17)9-14(13)19-15/h2-7,9H,1,8H2/b5-3-,12-4+. The molecule has 0 N–H and O–H groups in total. The Hall–Kier alpha value is -2.12. The maximum absolute atomic E-state index is 8.86. The van der Waals surface area contributed by atoms with Gasteiger partial charge in [0.25, 0.3) is 0 Å². The zero-order valence-corrected chi connectivity index (χ0v) is 11.7. The van der Waals surface area contributed by atoms with Gasteiger partial charge in [0.1, 0.15) is 5.52 Å². The average Bonchev–Trinajstić information content (AvgIpc) is 2.85. The van der Waals surface area contributed by atoms with E-state index in [-0.39, 0.29) is 0 Å². The van der Waals surface area contributed by atoms with E-state index in [1.54, 1.807) is 24.3 Å². The number of allylic oxidation sites excluding steroid dienone is 5. The van der Waals surface area contributed by atoms with Gasteiger partial charge in [0.05, 0.1) is 11.6 Å². The molecule has 3 nitrogen and oxygen atoms in total. The largest absolute Gasteiger partial charge is 0.436 e. The fourth-order valence-corrected chi connectivity index (χ4v) is 1.80. The Balaban J connectivity index is 2.49. The van der Waals surface area contributed by atoms with Crippen LogP contribution in [-0.4, -0.2) is 10.3 Å². The highest BCUT2D eigenvalue weighted by Crippen LogP contribution is 2.23. The minimum Gasteiger partial charge on any atom is -0.436 e. The zero-order chi connectivity index (χ0) is 13.7. The number of hydrogen-bond acceptors (Lipinski definition) is 3. The van der Waals surface area contributed by atoms with E-state index < -0.39 is 0 Å². The molecule has 94 valence electrons. The molecule has 0 bridgehead atoms. The summed E-state index contributed by atoms with van der Waals surface area (Å²) in [4.78, 5) is 4.40. The van der Waals surface area contributed by atoms with Gasteiger partial charge >= 0.3 is 0 Å². The van der Waals surface area contributed by atoms with Crippen LogP contribution < -0.4 is 0 Å². The van der Waals surface area contributed by atoms with E-state index in [4.69, 9.17) is 9.68 Å². The summed E-state index contributed by atoms with van der Waals surface area (Å²) >= 11 is 3.33. The third-order valence-electron chi connectivity index (χ3n) is 2.45. The third-order valence-corrected chi connectivity index (χ3v) is 2.82. The van der Waals surface area contributed by atoms with Crippen LogP contribution in [0.5, 0.6) is 0 Å². The lowest BCUT2D eigenvalue weighted by Gasteiger charge is -1.93. The molecule has 1 aromatic carbocycles. The highest BCUT2D eigenvalue weighted by molar-refractivity contribution is 9.09. The molecule has 0 saturated heterocycles. The van der Waals surface area contributed by atoms with Gasteiger partial charge in [-0.05, 0) is 12.1 Å². The van der Waals surface area contributed by atoms with Crippen molar-refractivity contribution in [1.82, 2.24) is 4.98 Å². The Labute approximate surface area is 119 Å². The molecule has 19 heavy (non-hydrogen) atoms. The van der Waals surface area contributed by atoms with E-state index in [9.17, 15) is 0 Å². The molecule has 1 aromatic heterocycles. The van der Waals surface area contributed by atoms with Crippen molar-refractivity contribution in [2.24, 2.45) is 0 Å². The summed E-state index contributed by atoms with van der Waals surface area (Å²) in [7, 11) is 0. The van der Waals surface area contributed by atoms with E-state index in [1.165, 1.54) is 0 Å². The second kappa shape index (κ2) is 6.17. The number of hydrogen-bond donors (Lipinski definition) is 0. The molecule has 0 atom stereocenters. The molecule has 0 fully saturated rings. The van der Waals surface area contributed by atoms with Gasteiger partial charge in [-0.25, -0.2) is 4.98 Å². The maximum atomic E-state index is 8.86. The SMILES string of the molecule is C=C/C=C(\C=C/CBr)c1nc2ccc(C#N)cc2o1. The Morgan fingerprint density at radius 3 is 3.05 bits per heavy atom. The number of halogens is 1. The minimum atomic E-state index is 0.516. The third kappa shape index (κ3) is 3.01. The number of benzene rings is 1. The van der Waals surface area contributed by atoms with E-state index in [0.29, 0.717) is 17.0 Å². The lowest BCUT2D eigenvalue weighted by atomic mass is 10.2. The first kappa shape index (κ1) is 13.3. The molecule has 0 aliphatic carbocycles. The first-order valence-electron chi connectivity index (χ1n) is 5.64. The fraction of sp³-hybridized carbons (Fsp3) is 0.0667. The van der Waals surface area contributed by atoms with Crippen LogP contribution in [0, 0.1) is 11.3 Å². The highest BCUT2D eigenvalue weighted by atomic mass is 79.9. The van der Waals surface area contributed by atoms with Crippen molar-refractivity contribution in [3.05, 3.63) is 60.5 Å². The molecule has 0 amide bonds. The van der Waals surface area contributed by atoms with Gasteiger partial charge in [0.15, 0.2) is 5.58 Å². The summed E-state index contributed by atoms with van der Waals surface area (Å²) in [6.07, 6.45) is 7.37. The number of nitriles is 1. The smallest absolute Gasteiger partial charge is 0.227 e. The van der Waals surface area contributed by atoms with Crippen molar-refractivity contribution >= 4 is 32.6 Å². The molecule has 0 radical (unpaired) electrons. The second-order valence-electron chi connectivity index (χ2n) is 3.73. The number of fused-ring (bicyclic) bond motifs is 1. The average molecular weight is 315 g/mol. The lowest BCUT2D eigenvalue weighted by molar-refractivity contribution is 0.585. The molecule has 0 spiro atoms. The fourth-order valence-electron chi connectivity index (χ4n) is 1.61. The van der Waals surface area contributed by atoms with Crippen molar-refractivity contribution in [2.45, 2.75) is 0 Å². The summed E-state index contributed by atoms with van der Waals surface area (Å²) in [5.41, 5.74) is 2.73. The molecule has 0 aliphatic heterocycles. The van der Waals surface area contributed by atoms with Crippen LogP contribution in [0.15, 0.2) is 53.5 Å². The van der Waals surface area contributed by atoms with Crippen LogP contribution in [0.3, 0.4) is 0 Å². The molecule has 0 unspecified atom stereocenters. The van der Waals surface area contributed by atoms with Gasteiger partial charge in [0, 0.05) is 17.0 Å². The van der Waals surface area contributed by atoms with Gasteiger partial charge in [-0.2, -0.15) is 5.26 Å². The van der Waals surface area contributed by atoms with E-state index in [1.807, 2.05) is 18.2 Å². The van der Waals surface area contributed by atoms with Crippen molar-refractivity contribution < 1.29 is 4.42 Å². The molecule has 2 aromatic rings. The van der Waals surface area contributed by atoms with Crippen LogP contribution in [-0.2, 0) is 0 Å². The minimum absolute atomic E-state index is 0.516. The van der Waals surface area contributed by atoms with Crippen molar-refractivity contribution in [3.63, 3.8) is 0 Å². The molecular formula is C15H11BrN2O. The monoisotopic (exact) mass is 314 g/mol. The number of aromatic nitrogens is 1. The number of alkyl halides is 1. The summed E-state index contributed by atoms with van der Waals surface area (Å²) < 4.78 is 5.68. The maximum Gasteiger partial charge on any atom is 0.227 e. The predicted octanol–water partition coefficient (Wildman–Crippen LogP) is 4.22. The second-order valence-corrected chi connectivity index (χ2v) is 4.38. The van der Waals surface area contributed by atoms with Gasteiger partial charge in [-0.1, -0.05) is 46.8 Å². The molecule has 4 heteroatoms. The van der Waals surface area contributed by atoms with E-state index in [0.717, 1.165) is 16.4 Å². The van der Waals surface area contributed by atoms with Crippen molar-refractivity contribution in [2.75, 3.05) is 5.33 Å². The molecule has 1 heterocycles. The van der Waals surface area contributed by atoms with Gasteiger partial charge in [-0.15, -0.1) is 0 Å². The summed E-state index contributed by atoms with van der Waals surface area (Å²) in [5, 5.41) is 9.61. The predicted molar refractivity (Wildman–Crippen MR) is 79.8 cm³/mol. The molecular weight excluding hydrogens is 304 g/mol. The Morgan fingerprint density at radius 1 is 1.53 bits per heavy atom. The van der Waals surface area contributed by atoms with Gasteiger partial charge < -0.3 is 4.42 Å². The lowest BCUT2D eigenvalue weighted by Crippen LogP contribution is -1.80. The van der Waals surface area contributed by atoms with Crippen LogP contribution in [0.1, 0.15) is 11.5 Å². The quantitative estimate of drug-likeness (QED) is 0.627. The number of nitrogens with zero attached hydrogens (tertiary/aromatic N) is 2. The topological polar surface area (TPSA) is 49.8 Å². The van der Waals surface area contributed by atoms with Crippen LogP contribution >= 0.6 is 15.9 Å². The summed E-state index contributed by atoms with van der Waals surface area (Å²) in [5.74, 6) is 0.516. The zero-order valence-electron chi connectivity index (χ0n) is 10.1. The summed E-state index contributed by atoms with van der Waals surface area (Å²) in [6.45, 7) is 3.68. The Morgan fingerprint density at radius 2 is 2.37 bits per heavy atom. The Kier molecular flexibility index (Phi) is 4.32. The first-order chi connectivity index (χ1) is 9.28. The highest BCUT2D eigenvalue weighted by Gasteiger charge is 2.08. The Bertz CT molecular complexity index is 704. The van der Waals surface area contributed by atoms with Crippen LogP contribution in [0.2, 0.25) is 0 Å². The first-order valence-corrected chi connectivity index (χ1v) is 6.77. The van der Waals surface area contributed by atoms with Gasteiger partial charge in [0.2, 0.25) is 5.89 Å². The number of oxazole rings is 1. The van der Waals surface area contributed by atoms with Crippen molar-refractivity contribution in [3.8, 4) is 6.07 Å². The molecule has 0 saturated carbocycles. The number of rotatable bonds is 4. The van der Waals surface area contributed by atoms with Crippen molar-refractivity contribution in [1.29, 1.82) is 5.26 Å². The van der Waals surface area contributed by atoms with E-state index >= 15 is 0 Å².